The fourth-order valence-electron chi connectivity index (χ4n) is 2.84. The van der Waals surface area contributed by atoms with E-state index in [2.05, 4.69) is 14.9 Å². The van der Waals surface area contributed by atoms with Crippen molar-refractivity contribution in [2.24, 2.45) is 0 Å². The van der Waals surface area contributed by atoms with E-state index in [-0.39, 0.29) is 22.3 Å². The Kier molecular flexibility index (Phi) is 5.48. The van der Waals surface area contributed by atoms with Crippen LogP contribution in [0.5, 0.6) is 0 Å². The zero-order valence-electron chi connectivity index (χ0n) is 15.2. The summed E-state index contributed by atoms with van der Waals surface area (Å²) in [6.45, 7) is 5.45. The summed E-state index contributed by atoms with van der Waals surface area (Å²) in [5.41, 5.74) is -0.440. The van der Waals surface area contributed by atoms with E-state index >= 15 is 0 Å². The second-order valence-corrected chi connectivity index (χ2v) is 8.53. The number of nitrogens with zero attached hydrogens (tertiary/aromatic N) is 3. The fraction of sp³-hybridized carbons (Fsp3) is 0.444. The van der Waals surface area contributed by atoms with Gasteiger partial charge in [-0.15, -0.1) is 5.10 Å². The molecule has 0 radical (unpaired) electrons. The number of hydrogen-bond donors (Lipinski definition) is 1. The molecule has 1 saturated carbocycles. The van der Waals surface area contributed by atoms with Crippen LogP contribution in [0.25, 0.3) is 0 Å². The smallest absolute Gasteiger partial charge is 0.276 e. The first-order valence-electron chi connectivity index (χ1n) is 8.54. The van der Waals surface area contributed by atoms with E-state index in [1.54, 1.807) is 0 Å². The molecule has 1 atom stereocenters. The summed E-state index contributed by atoms with van der Waals surface area (Å²) in [5, 5.41) is 8.27. The van der Waals surface area contributed by atoms with Gasteiger partial charge in [0.15, 0.2) is 5.69 Å². The number of hydrogen-bond acceptors (Lipinski definition) is 5. The summed E-state index contributed by atoms with van der Waals surface area (Å²) in [6, 6.07) is 2.84. The largest absolute Gasteiger partial charge is 0.349 e. The van der Waals surface area contributed by atoms with Gasteiger partial charge in [-0.2, -0.15) is 0 Å². The van der Waals surface area contributed by atoms with Crippen LogP contribution in [0, 0.1) is 5.82 Å². The van der Waals surface area contributed by atoms with Gasteiger partial charge in [-0.1, -0.05) is 22.2 Å². The minimum absolute atomic E-state index is 0.00986. The van der Waals surface area contributed by atoms with Gasteiger partial charge in [0, 0.05) is 27.5 Å². The third kappa shape index (κ3) is 4.44. The predicted molar refractivity (Wildman–Crippen MR) is 101 cm³/mol. The van der Waals surface area contributed by atoms with Gasteiger partial charge in [-0.25, -0.2) is 4.39 Å². The Labute approximate surface area is 165 Å². The number of benzene rings is 1. The molecule has 9 heteroatoms. The van der Waals surface area contributed by atoms with Crippen molar-refractivity contribution in [2.45, 2.75) is 51.2 Å². The average molecular weight is 411 g/mol. The first-order valence-corrected chi connectivity index (χ1v) is 9.76. The van der Waals surface area contributed by atoms with Crippen LogP contribution in [0.2, 0.25) is 5.02 Å². The van der Waals surface area contributed by atoms with E-state index in [4.69, 9.17) is 11.6 Å². The lowest BCUT2D eigenvalue weighted by atomic mass is 10.0. The highest BCUT2D eigenvalue weighted by Gasteiger charge is 2.44. The Balaban J connectivity index is 2.10. The molecule has 1 heterocycles. The Morgan fingerprint density at radius 3 is 2.59 bits per heavy atom. The van der Waals surface area contributed by atoms with Gasteiger partial charge >= 0.3 is 0 Å². The van der Waals surface area contributed by atoms with Crippen LogP contribution in [0.4, 0.5) is 4.39 Å². The van der Waals surface area contributed by atoms with Gasteiger partial charge in [-0.3, -0.25) is 9.59 Å². The molecule has 0 bridgehead atoms. The van der Waals surface area contributed by atoms with E-state index in [0.29, 0.717) is 0 Å². The lowest BCUT2D eigenvalue weighted by Gasteiger charge is -2.34. The van der Waals surface area contributed by atoms with E-state index < -0.39 is 29.2 Å². The minimum atomic E-state index is -1.19. The monoisotopic (exact) mass is 410 g/mol. The maximum absolute atomic E-state index is 14.7. The van der Waals surface area contributed by atoms with Crippen molar-refractivity contribution in [1.29, 1.82) is 0 Å². The van der Waals surface area contributed by atoms with Crippen molar-refractivity contribution in [3.63, 3.8) is 0 Å². The molecule has 1 aliphatic rings. The highest BCUT2D eigenvalue weighted by Crippen LogP contribution is 2.39. The number of halogens is 2. The zero-order chi connectivity index (χ0) is 19.8. The summed E-state index contributed by atoms with van der Waals surface area (Å²) < 4.78 is 18.4. The molecule has 2 amide bonds. The Morgan fingerprint density at radius 2 is 2.07 bits per heavy atom. The topological polar surface area (TPSA) is 75.2 Å². The number of aromatic nitrogens is 2. The summed E-state index contributed by atoms with van der Waals surface area (Å²) >= 11 is 7.29. The first kappa shape index (κ1) is 19.7. The van der Waals surface area contributed by atoms with Crippen molar-refractivity contribution in [1.82, 2.24) is 19.8 Å². The van der Waals surface area contributed by atoms with Crippen LogP contribution in [-0.4, -0.2) is 37.9 Å². The second-order valence-electron chi connectivity index (χ2n) is 7.51. The van der Waals surface area contributed by atoms with Gasteiger partial charge < -0.3 is 10.2 Å². The van der Waals surface area contributed by atoms with Gasteiger partial charge in [0.1, 0.15) is 11.9 Å². The molecule has 1 aromatic carbocycles. The van der Waals surface area contributed by atoms with Gasteiger partial charge in [0.25, 0.3) is 5.91 Å². The van der Waals surface area contributed by atoms with Crippen LogP contribution in [-0.2, 0) is 4.79 Å². The lowest BCUT2D eigenvalue weighted by molar-refractivity contribution is -0.127. The summed E-state index contributed by atoms with van der Waals surface area (Å²) in [6.07, 6.45) is 1.46. The molecule has 1 fully saturated rings. The Bertz CT molecular complexity index is 829. The van der Waals surface area contributed by atoms with Crippen molar-refractivity contribution in [2.75, 3.05) is 0 Å². The van der Waals surface area contributed by atoms with Crippen LogP contribution < -0.4 is 5.32 Å². The van der Waals surface area contributed by atoms with Gasteiger partial charge in [0.2, 0.25) is 5.91 Å². The Morgan fingerprint density at radius 1 is 1.37 bits per heavy atom. The normalized spacial score (nSPS) is 15.3. The van der Waals surface area contributed by atoms with Gasteiger partial charge in [0.05, 0.1) is 0 Å². The molecular weight excluding hydrogens is 391 g/mol. The Hall–Kier alpha value is -2.06. The van der Waals surface area contributed by atoms with Crippen LogP contribution in [0.3, 0.4) is 0 Å². The summed E-state index contributed by atoms with van der Waals surface area (Å²) in [5.74, 6) is -1.58. The van der Waals surface area contributed by atoms with Crippen LogP contribution in [0.1, 0.15) is 55.7 Å². The molecule has 0 spiro atoms. The number of carbonyl (C=O) groups excluding carboxylic acids is 2. The summed E-state index contributed by atoms with van der Waals surface area (Å²) in [7, 11) is 0. The van der Waals surface area contributed by atoms with Crippen LogP contribution >= 0.6 is 23.1 Å². The predicted octanol–water partition coefficient (Wildman–Crippen LogP) is 3.59. The standard InChI is InChI=1S/C18H20ClFN4O2S/c1-18(2,3)21-16(25)15(14-11(19)5-4-6-12(14)20)24(10-7-8-10)17(26)13-9-27-23-22-13/h4-6,9-10,15H,7-8H2,1-3H3,(H,21,25)/t15-/m0/s1. The first-order chi connectivity index (χ1) is 12.7. The molecule has 1 aromatic heterocycles. The zero-order valence-corrected chi connectivity index (χ0v) is 16.8. The third-order valence-electron chi connectivity index (χ3n) is 4.05. The molecule has 0 saturated heterocycles. The molecule has 2 aromatic rings. The molecule has 0 aliphatic heterocycles. The SMILES string of the molecule is CC(C)(C)NC(=O)[C@H](c1c(F)cccc1Cl)N(C(=O)c1csnn1)C1CC1. The number of amides is 2. The lowest BCUT2D eigenvalue weighted by Crippen LogP contribution is -2.50. The van der Waals surface area contributed by atoms with E-state index in [1.165, 1.54) is 28.5 Å². The highest BCUT2D eigenvalue weighted by molar-refractivity contribution is 7.03. The van der Waals surface area contributed by atoms with E-state index in [0.717, 1.165) is 24.4 Å². The molecule has 0 unspecified atom stereocenters. The van der Waals surface area contributed by atoms with Crippen molar-refractivity contribution >= 4 is 34.9 Å². The maximum Gasteiger partial charge on any atom is 0.276 e. The third-order valence-corrected chi connectivity index (χ3v) is 4.89. The minimum Gasteiger partial charge on any atom is -0.349 e. The molecule has 1 N–H and O–H groups in total. The molecule has 3 rings (SSSR count). The summed E-state index contributed by atoms with van der Waals surface area (Å²) in [4.78, 5) is 27.6. The average Bonchev–Trinajstić information content (AvgIpc) is 3.24. The second kappa shape index (κ2) is 7.52. The van der Waals surface area contributed by atoms with Crippen LogP contribution in [0.15, 0.2) is 23.6 Å². The maximum atomic E-state index is 14.7. The fourth-order valence-corrected chi connectivity index (χ4v) is 3.54. The quantitative estimate of drug-likeness (QED) is 0.817. The molecule has 144 valence electrons. The molecule has 27 heavy (non-hydrogen) atoms. The van der Waals surface area contributed by atoms with Gasteiger partial charge in [-0.05, 0) is 57.3 Å². The number of rotatable bonds is 5. The molecule has 6 nitrogen and oxygen atoms in total. The highest BCUT2D eigenvalue weighted by atomic mass is 35.5. The van der Waals surface area contributed by atoms with E-state index in [1.807, 2.05) is 20.8 Å². The number of nitrogens with one attached hydrogen (secondary N) is 1. The number of carbonyl (C=O) groups is 2. The van der Waals surface area contributed by atoms with Crippen molar-refractivity contribution in [3.8, 4) is 0 Å². The molecule has 1 aliphatic carbocycles. The van der Waals surface area contributed by atoms with Crippen molar-refractivity contribution in [3.05, 3.63) is 45.7 Å². The van der Waals surface area contributed by atoms with E-state index in [9.17, 15) is 14.0 Å². The molecular formula is C18H20ClFN4O2S. The van der Waals surface area contributed by atoms with Crippen molar-refractivity contribution < 1.29 is 14.0 Å².